The van der Waals surface area contributed by atoms with Gasteiger partial charge >= 0.3 is 0 Å². The average molecular weight is 425 g/mol. The van der Waals surface area contributed by atoms with Crippen LogP contribution in [0.3, 0.4) is 0 Å². The van der Waals surface area contributed by atoms with Crippen LogP contribution in [0.1, 0.15) is 11.1 Å². The molecule has 0 bridgehead atoms. The highest BCUT2D eigenvalue weighted by molar-refractivity contribution is 8.26. The lowest BCUT2D eigenvalue weighted by atomic mass is 10.1. The highest BCUT2D eigenvalue weighted by Gasteiger charge is 2.31. The molecule has 1 aliphatic rings. The molecular formula is C22H17ClN2OS2. The third-order valence-corrected chi connectivity index (χ3v) is 6.19. The largest absolute Gasteiger partial charge is 0.342 e. The van der Waals surface area contributed by atoms with Crippen molar-refractivity contribution in [2.45, 2.75) is 6.54 Å². The summed E-state index contributed by atoms with van der Waals surface area (Å²) in [6.07, 6.45) is 5.70. The van der Waals surface area contributed by atoms with E-state index in [0.717, 1.165) is 33.6 Å². The number of halogens is 1. The number of thiocarbonyl (C=S) groups is 1. The zero-order chi connectivity index (χ0) is 19.7. The number of para-hydroxylation sites is 1. The van der Waals surface area contributed by atoms with Crippen molar-refractivity contribution in [3.63, 3.8) is 0 Å². The number of fused-ring (bicyclic) bond motifs is 1. The van der Waals surface area contributed by atoms with Gasteiger partial charge in [-0.3, -0.25) is 9.69 Å². The molecule has 0 saturated carbocycles. The topological polar surface area (TPSA) is 25.2 Å². The first kappa shape index (κ1) is 19.0. The number of nitrogens with zero attached hydrogens (tertiary/aromatic N) is 2. The summed E-state index contributed by atoms with van der Waals surface area (Å²) < 4.78 is 2.76. The fourth-order valence-electron chi connectivity index (χ4n) is 3.24. The molecule has 1 aliphatic heterocycles. The molecule has 4 rings (SSSR count). The minimum Gasteiger partial charge on any atom is -0.342 e. The van der Waals surface area contributed by atoms with Crippen LogP contribution < -0.4 is 0 Å². The Morgan fingerprint density at radius 3 is 2.64 bits per heavy atom. The predicted molar refractivity (Wildman–Crippen MR) is 123 cm³/mol. The maximum atomic E-state index is 12.7. The molecule has 3 aromatic rings. The molecule has 140 valence electrons. The zero-order valence-corrected chi connectivity index (χ0v) is 17.4. The Hall–Kier alpha value is -2.34. The van der Waals surface area contributed by atoms with Gasteiger partial charge in [0.05, 0.1) is 4.91 Å². The summed E-state index contributed by atoms with van der Waals surface area (Å²) in [5, 5.41) is 1.83. The number of amides is 1. The molecule has 1 saturated heterocycles. The van der Waals surface area contributed by atoms with E-state index in [4.69, 9.17) is 23.8 Å². The number of rotatable bonds is 5. The van der Waals surface area contributed by atoms with E-state index in [-0.39, 0.29) is 5.91 Å². The molecule has 28 heavy (non-hydrogen) atoms. The fourth-order valence-corrected chi connectivity index (χ4v) is 4.63. The smallest absolute Gasteiger partial charge is 0.266 e. The van der Waals surface area contributed by atoms with E-state index in [1.165, 1.54) is 11.8 Å². The lowest BCUT2D eigenvalue weighted by molar-refractivity contribution is -0.121. The van der Waals surface area contributed by atoms with Gasteiger partial charge in [-0.25, -0.2) is 0 Å². The molecule has 0 spiro atoms. The summed E-state index contributed by atoms with van der Waals surface area (Å²) in [7, 11) is 0. The van der Waals surface area contributed by atoms with Gasteiger partial charge in [0.25, 0.3) is 5.91 Å². The van der Waals surface area contributed by atoms with Crippen LogP contribution in [0.4, 0.5) is 0 Å². The lowest BCUT2D eigenvalue weighted by Crippen LogP contribution is -2.27. The van der Waals surface area contributed by atoms with Crippen LogP contribution in [0.15, 0.2) is 72.3 Å². The maximum absolute atomic E-state index is 12.7. The molecule has 0 atom stereocenters. The minimum atomic E-state index is -0.0653. The summed E-state index contributed by atoms with van der Waals surface area (Å²) in [6.45, 7) is 4.85. The van der Waals surface area contributed by atoms with Gasteiger partial charge in [-0.05, 0) is 29.8 Å². The average Bonchev–Trinajstić information content (AvgIpc) is 3.17. The molecule has 2 heterocycles. The van der Waals surface area contributed by atoms with Crippen molar-refractivity contribution in [3.05, 3.63) is 88.4 Å². The second kappa shape index (κ2) is 7.95. The van der Waals surface area contributed by atoms with Crippen molar-refractivity contribution in [3.8, 4) is 0 Å². The molecule has 1 aromatic heterocycles. The summed E-state index contributed by atoms with van der Waals surface area (Å²) in [4.78, 5) is 14.9. The van der Waals surface area contributed by atoms with Gasteiger partial charge < -0.3 is 4.57 Å². The number of hydrogen-bond acceptors (Lipinski definition) is 3. The van der Waals surface area contributed by atoms with Crippen molar-refractivity contribution in [1.82, 2.24) is 9.47 Å². The molecule has 3 nitrogen and oxygen atoms in total. The van der Waals surface area contributed by atoms with Crippen molar-refractivity contribution in [1.29, 1.82) is 0 Å². The molecule has 0 aliphatic carbocycles. The van der Waals surface area contributed by atoms with Gasteiger partial charge in [0.2, 0.25) is 0 Å². The lowest BCUT2D eigenvalue weighted by Gasteiger charge is -2.10. The van der Waals surface area contributed by atoms with Crippen molar-refractivity contribution in [2.75, 3.05) is 6.54 Å². The van der Waals surface area contributed by atoms with E-state index < -0.39 is 0 Å². The Balaban J connectivity index is 1.72. The molecule has 1 fully saturated rings. The summed E-state index contributed by atoms with van der Waals surface area (Å²) in [5.41, 5.74) is 3.28. The third kappa shape index (κ3) is 3.65. The Morgan fingerprint density at radius 2 is 1.89 bits per heavy atom. The van der Waals surface area contributed by atoms with Gasteiger partial charge in [0.1, 0.15) is 4.32 Å². The number of benzene rings is 2. The van der Waals surface area contributed by atoms with Crippen molar-refractivity contribution in [2.24, 2.45) is 0 Å². The highest BCUT2D eigenvalue weighted by atomic mass is 35.5. The molecule has 0 radical (unpaired) electrons. The van der Waals surface area contributed by atoms with Crippen LogP contribution in [0.2, 0.25) is 5.02 Å². The molecule has 0 N–H and O–H groups in total. The SMILES string of the molecule is C=CCN1C(=O)C(=Cc2cn(Cc3ccc(Cl)cc3)c3ccccc23)SC1=S. The summed E-state index contributed by atoms with van der Waals surface area (Å²) in [5.74, 6) is -0.0653. The van der Waals surface area contributed by atoms with Gasteiger partial charge in [-0.1, -0.05) is 72.0 Å². The van der Waals surface area contributed by atoms with E-state index >= 15 is 0 Å². The van der Waals surface area contributed by atoms with Gasteiger partial charge in [0.15, 0.2) is 0 Å². The highest BCUT2D eigenvalue weighted by Crippen LogP contribution is 2.34. The predicted octanol–water partition coefficient (Wildman–Crippen LogP) is 5.73. The monoisotopic (exact) mass is 424 g/mol. The van der Waals surface area contributed by atoms with Crippen LogP contribution in [0.5, 0.6) is 0 Å². The molecule has 1 amide bonds. The van der Waals surface area contributed by atoms with Gasteiger partial charge in [0, 0.05) is 40.8 Å². The number of carbonyl (C=O) groups is 1. The first-order valence-electron chi connectivity index (χ1n) is 8.75. The molecule has 6 heteroatoms. The summed E-state index contributed by atoms with van der Waals surface area (Å²) >= 11 is 12.7. The van der Waals surface area contributed by atoms with E-state index in [1.807, 2.05) is 42.5 Å². The number of hydrogen-bond donors (Lipinski definition) is 0. The Bertz CT molecular complexity index is 1120. The van der Waals surface area contributed by atoms with E-state index in [2.05, 4.69) is 29.5 Å². The fraction of sp³-hybridized carbons (Fsp3) is 0.0909. The summed E-state index contributed by atoms with van der Waals surface area (Å²) in [6, 6.07) is 16.0. The maximum Gasteiger partial charge on any atom is 0.266 e. The normalized spacial score (nSPS) is 15.8. The van der Waals surface area contributed by atoms with Crippen molar-refractivity contribution < 1.29 is 4.79 Å². The Kier molecular flexibility index (Phi) is 5.40. The Labute approximate surface area is 178 Å². The number of aromatic nitrogens is 1. The second-order valence-electron chi connectivity index (χ2n) is 6.44. The third-order valence-electron chi connectivity index (χ3n) is 4.56. The van der Waals surface area contributed by atoms with Crippen LogP contribution in [-0.2, 0) is 11.3 Å². The zero-order valence-electron chi connectivity index (χ0n) is 15.0. The molecule has 2 aromatic carbocycles. The van der Waals surface area contributed by atoms with E-state index in [9.17, 15) is 4.79 Å². The number of thioether (sulfide) groups is 1. The van der Waals surface area contributed by atoms with Gasteiger partial charge in [-0.2, -0.15) is 0 Å². The van der Waals surface area contributed by atoms with Crippen molar-refractivity contribution >= 4 is 62.8 Å². The second-order valence-corrected chi connectivity index (χ2v) is 8.55. The standard InChI is InChI=1S/C22H17ClN2OS2/c1-2-11-25-21(26)20(28-22(25)27)12-16-14-24(19-6-4-3-5-18(16)19)13-15-7-9-17(23)10-8-15/h2-10,12,14H,1,11,13H2. The quantitative estimate of drug-likeness (QED) is 0.297. The first-order valence-corrected chi connectivity index (χ1v) is 10.4. The van der Waals surface area contributed by atoms with Crippen LogP contribution in [-0.4, -0.2) is 26.2 Å². The van der Waals surface area contributed by atoms with E-state index in [1.54, 1.807) is 11.0 Å². The molecular weight excluding hydrogens is 408 g/mol. The number of carbonyl (C=O) groups excluding carboxylic acids is 1. The van der Waals surface area contributed by atoms with Gasteiger partial charge in [-0.15, -0.1) is 6.58 Å². The first-order chi connectivity index (χ1) is 13.6. The van der Waals surface area contributed by atoms with Crippen LogP contribution >= 0.6 is 35.6 Å². The van der Waals surface area contributed by atoms with Crippen LogP contribution in [0, 0.1) is 0 Å². The molecule has 0 unspecified atom stereocenters. The van der Waals surface area contributed by atoms with E-state index in [0.29, 0.717) is 15.8 Å². The van der Waals surface area contributed by atoms with Crippen LogP contribution in [0.25, 0.3) is 17.0 Å². The Morgan fingerprint density at radius 1 is 1.14 bits per heavy atom. The minimum absolute atomic E-state index is 0.0653.